The molecule has 0 saturated heterocycles. The molecule has 1 aliphatic rings. The minimum atomic E-state index is -3.45. The first-order chi connectivity index (χ1) is 11.8. The zero-order chi connectivity index (χ0) is 18.0. The fourth-order valence-electron chi connectivity index (χ4n) is 2.22. The second-order valence-corrected chi connectivity index (χ2v) is 9.16. The summed E-state index contributed by atoms with van der Waals surface area (Å²) in [5.74, 6) is -0.223. The summed E-state index contributed by atoms with van der Waals surface area (Å²) in [5, 5.41) is 3.32. The van der Waals surface area contributed by atoms with Crippen LogP contribution in [0.15, 0.2) is 47.4 Å². The predicted octanol–water partition coefficient (Wildman–Crippen LogP) is 3.32. The average molecular weight is 491 g/mol. The van der Waals surface area contributed by atoms with Gasteiger partial charge in [0.25, 0.3) is 5.91 Å². The minimum absolute atomic E-state index is 0.0733. The Morgan fingerprint density at radius 3 is 2.48 bits per heavy atom. The lowest BCUT2D eigenvalue weighted by molar-refractivity contribution is 0.0950. The molecule has 8 heteroatoms. The average Bonchev–Trinajstić information content (AvgIpc) is 3.38. The van der Waals surface area contributed by atoms with Crippen LogP contribution in [0.4, 0.5) is 0 Å². The lowest BCUT2D eigenvalue weighted by Gasteiger charge is -2.09. The van der Waals surface area contributed by atoms with Crippen molar-refractivity contribution in [2.45, 2.75) is 30.3 Å². The molecule has 25 heavy (non-hydrogen) atoms. The van der Waals surface area contributed by atoms with E-state index in [1.807, 2.05) is 0 Å². The number of carbonyl (C=O) groups is 1. The maximum Gasteiger partial charge on any atom is 0.252 e. The molecule has 1 amide bonds. The molecule has 3 rings (SSSR count). The Labute approximate surface area is 165 Å². The monoisotopic (exact) mass is 490 g/mol. The van der Waals surface area contributed by atoms with E-state index in [1.54, 1.807) is 42.5 Å². The molecule has 132 valence electrons. The van der Waals surface area contributed by atoms with Gasteiger partial charge in [0.15, 0.2) is 0 Å². The highest BCUT2D eigenvalue weighted by molar-refractivity contribution is 14.1. The Morgan fingerprint density at radius 1 is 1.16 bits per heavy atom. The lowest BCUT2D eigenvalue weighted by atomic mass is 10.2. The van der Waals surface area contributed by atoms with E-state index in [4.69, 9.17) is 11.6 Å². The fourth-order valence-corrected chi connectivity index (χ4v) is 4.28. The van der Waals surface area contributed by atoms with Crippen LogP contribution in [0.2, 0.25) is 5.02 Å². The first-order valence-corrected chi connectivity index (χ1v) is 10.6. The van der Waals surface area contributed by atoms with Crippen molar-refractivity contribution in [2.24, 2.45) is 0 Å². The van der Waals surface area contributed by atoms with Gasteiger partial charge in [0.2, 0.25) is 10.0 Å². The SMILES string of the molecule is O=C(NCc1ccc(S(=O)(=O)NC2CC2)cc1)c1cc(Cl)ccc1I. The quantitative estimate of drug-likeness (QED) is 0.610. The molecule has 1 aliphatic carbocycles. The highest BCUT2D eigenvalue weighted by Gasteiger charge is 2.27. The summed E-state index contributed by atoms with van der Waals surface area (Å²) in [5.41, 5.74) is 1.33. The lowest BCUT2D eigenvalue weighted by Crippen LogP contribution is -2.26. The van der Waals surface area contributed by atoms with Gasteiger partial charge in [-0.05, 0) is 71.3 Å². The van der Waals surface area contributed by atoms with Crippen molar-refractivity contribution in [3.63, 3.8) is 0 Å². The van der Waals surface area contributed by atoms with Crippen molar-refractivity contribution in [2.75, 3.05) is 0 Å². The molecule has 1 fully saturated rings. The Balaban J connectivity index is 1.63. The van der Waals surface area contributed by atoms with Crippen LogP contribution < -0.4 is 10.0 Å². The number of hydrogen-bond donors (Lipinski definition) is 2. The van der Waals surface area contributed by atoms with Crippen LogP contribution in [0.3, 0.4) is 0 Å². The third-order valence-corrected chi connectivity index (χ3v) is 6.47. The zero-order valence-electron chi connectivity index (χ0n) is 13.1. The number of sulfonamides is 1. The molecule has 0 aromatic heterocycles. The van der Waals surface area contributed by atoms with E-state index in [-0.39, 0.29) is 16.8 Å². The Bertz CT molecular complexity index is 897. The summed E-state index contributed by atoms with van der Waals surface area (Å²) in [6, 6.07) is 11.7. The van der Waals surface area contributed by atoms with Gasteiger partial charge < -0.3 is 5.32 Å². The number of hydrogen-bond acceptors (Lipinski definition) is 3. The number of rotatable bonds is 6. The van der Waals surface area contributed by atoms with E-state index >= 15 is 0 Å². The molecule has 0 radical (unpaired) electrons. The summed E-state index contributed by atoms with van der Waals surface area (Å²) in [7, 11) is -3.45. The van der Waals surface area contributed by atoms with Gasteiger partial charge in [-0.1, -0.05) is 23.7 Å². The molecule has 0 spiro atoms. The van der Waals surface area contributed by atoms with E-state index < -0.39 is 10.0 Å². The van der Waals surface area contributed by atoms with E-state index in [1.165, 1.54) is 0 Å². The molecule has 1 saturated carbocycles. The second-order valence-electron chi connectivity index (χ2n) is 5.85. The largest absolute Gasteiger partial charge is 0.348 e. The van der Waals surface area contributed by atoms with Gasteiger partial charge in [-0.2, -0.15) is 0 Å². The van der Waals surface area contributed by atoms with E-state index in [0.717, 1.165) is 22.0 Å². The Hall–Kier alpha value is -1.16. The first kappa shape index (κ1) is 18.6. The third-order valence-electron chi connectivity index (χ3n) is 3.76. The van der Waals surface area contributed by atoms with Gasteiger partial charge in [0, 0.05) is 21.2 Å². The van der Waals surface area contributed by atoms with Crippen molar-refractivity contribution < 1.29 is 13.2 Å². The standard InChI is InChI=1S/C17H16ClIN2O3S/c18-12-3-8-16(19)15(9-12)17(22)20-10-11-1-6-14(7-2-11)25(23,24)21-13-4-5-13/h1-3,6-9,13,21H,4-5,10H2,(H,20,22). The van der Waals surface area contributed by atoms with Gasteiger partial charge in [-0.3, -0.25) is 4.79 Å². The summed E-state index contributed by atoms with van der Waals surface area (Å²) in [6.07, 6.45) is 1.79. The second kappa shape index (κ2) is 7.61. The normalized spacial score (nSPS) is 14.3. The number of halogens is 2. The van der Waals surface area contributed by atoms with Crippen LogP contribution in [0.25, 0.3) is 0 Å². The van der Waals surface area contributed by atoms with Crippen LogP contribution in [-0.2, 0) is 16.6 Å². The highest BCUT2D eigenvalue weighted by atomic mass is 127. The minimum Gasteiger partial charge on any atom is -0.348 e. The molecule has 2 aromatic rings. The van der Waals surface area contributed by atoms with Crippen molar-refractivity contribution in [3.8, 4) is 0 Å². The Morgan fingerprint density at radius 2 is 1.84 bits per heavy atom. The molecule has 0 unspecified atom stereocenters. The van der Waals surface area contributed by atoms with Crippen LogP contribution in [0.5, 0.6) is 0 Å². The predicted molar refractivity (Wildman–Crippen MR) is 105 cm³/mol. The fraction of sp³-hybridized carbons (Fsp3) is 0.235. The van der Waals surface area contributed by atoms with Gasteiger partial charge in [-0.25, -0.2) is 13.1 Å². The highest BCUT2D eigenvalue weighted by Crippen LogP contribution is 2.22. The summed E-state index contributed by atoms with van der Waals surface area (Å²) in [6.45, 7) is 0.303. The zero-order valence-corrected chi connectivity index (χ0v) is 16.9. The van der Waals surface area contributed by atoms with Gasteiger partial charge >= 0.3 is 0 Å². The van der Waals surface area contributed by atoms with Gasteiger partial charge in [-0.15, -0.1) is 0 Å². The van der Waals surface area contributed by atoms with E-state index in [0.29, 0.717) is 17.1 Å². The molecule has 0 bridgehead atoms. The maximum atomic E-state index is 12.3. The molecule has 0 aliphatic heterocycles. The summed E-state index contributed by atoms with van der Waals surface area (Å²) >= 11 is 8.01. The van der Waals surface area contributed by atoms with Crippen LogP contribution in [0.1, 0.15) is 28.8 Å². The van der Waals surface area contributed by atoms with E-state index in [9.17, 15) is 13.2 Å². The number of nitrogens with one attached hydrogen (secondary N) is 2. The number of carbonyl (C=O) groups excluding carboxylic acids is 1. The molecule has 2 N–H and O–H groups in total. The topological polar surface area (TPSA) is 75.3 Å². The van der Waals surface area contributed by atoms with Gasteiger partial charge in [0.05, 0.1) is 10.5 Å². The van der Waals surface area contributed by atoms with Crippen LogP contribution in [-0.4, -0.2) is 20.4 Å². The molecule has 0 atom stereocenters. The van der Waals surface area contributed by atoms with Crippen molar-refractivity contribution in [1.82, 2.24) is 10.0 Å². The molecule has 2 aromatic carbocycles. The molecular weight excluding hydrogens is 475 g/mol. The number of amides is 1. The Kier molecular flexibility index (Phi) is 5.67. The third kappa shape index (κ3) is 4.93. The number of benzene rings is 2. The van der Waals surface area contributed by atoms with Crippen LogP contribution >= 0.6 is 34.2 Å². The summed E-state index contributed by atoms with van der Waals surface area (Å²) in [4.78, 5) is 12.5. The van der Waals surface area contributed by atoms with Crippen molar-refractivity contribution in [1.29, 1.82) is 0 Å². The van der Waals surface area contributed by atoms with Gasteiger partial charge in [0.1, 0.15) is 0 Å². The molecule has 5 nitrogen and oxygen atoms in total. The first-order valence-electron chi connectivity index (χ1n) is 7.70. The van der Waals surface area contributed by atoms with E-state index in [2.05, 4.69) is 32.6 Å². The maximum absolute atomic E-state index is 12.3. The van der Waals surface area contributed by atoms with Crippen molar-refractivity contribution >= 4 is 50.1 Å². The molecule has 0 heterocycles. The van der Waals surface area contributed by atoms with Crippen LogP contribution in [0, 0.1) is 3.57 Å². The molecular formula is C17H16ClIN2O3S. The smallest absolute Gasteiger partial charge is 0.252 e. The summed E-state index contributed by atoms with van der Waals surface area (Å²) < 4.78 is 27.7. The van der Waals surface area contributed by atoms with Crippen molar-refractivity contribution in [3.05, 3.63) is 62.2 Å².